The maximum Gasteiger partial charge on any atom is 0.123 e. The Labute approximate surface area is 75.6 Å². The first-order chi connectivity index (χ1) is 6.25. The van der Waals surface area contributed by atoms with Crippen molar-refractivity contribution >= 4 is 0 Å². The van der Waals surface area contributed by atoms with Crippen LogP contribution in [0.25, 0.3) is 5.69 Å². The molecule has 0 bridgehead atoms. The number of hydrogen-bond donors (Lipinski definition) is 0. The third-order valence-corrected chi connectivity index (χ3v) is 1.81. The van der Waals surface area contributed by atoms with Crippen molar-refractivity contribution in [1.29, 1.82) is 0 Å². The molecule has 0 saturated heterocycles. The molecule has 3 heteroatoms. The van der Waals surface area contributed by atoms with Crippen molar-refractivity contribution in [2.45, 2.75) is 6.92 Å². The lowest BCUT2D eigenvalue weighted by Gasteiger charge is -1.99. The van der Waals surface area contributed by atoms with Gasteiger partial charge in [0.15, 0.2) is 0 Å². The molecule has 0 fully saturated rings. The molecule has 0 aliphatic carbocycles. The van der Waals surface area contributed by atoms with E-state index in [-0.39, 0.29) is 5.82 Å². The van der Waals surface area contributed by atoms with Crippen LogP contribution in [-0.2, 0) is 0 Å². The van der Waals surface area contributed by atoms with Crippen LogP contribution in [0.1, 0.15) is 5.69 Å². The lowest BCUT2D eigenvalue weighted by molar-refractivity contribution is 0.627. The molecule has 66 valence electrons. The Hall–Kier alpha value is -1.64. The first-order valence-corrected chi connectivity index (χ1v) is 4.04. The van der Waals surface area contributed by atoms with E-state index in [0.717, 1.165) is 11.4 Å². The van der Waals surface area contributed by atoms with E-state index in [0.29, 0.717) is 0 Å². The molecule has 0 unspecified atom stereocenters. The molecule has 0 N–H and O–H groups in total. The van der Waals surface area contributed by atoms with Crippen molar-refractivity contribution in [3.8, 4) is 5.69 Å². The summed E-state index contributed by atoms with van der Waals surface area (Å²) in [5.41, 5.74) is 1.82. The van der Waals surface area contributed by atoms with Gasteiger partial charge in [0.1, 0.15) is 5.82 Å². The molecular weight excluding hydrogens is 167 g/mol. The van der Waals surface area contributed by atoms with E-state index in [1.165, 1.54) is 12.1 Å². The summed E-state index contributed by atoms with van der Waals surface area (Å²) >= 11 is 0. The smallest absolute Gasteiger partial charge is 0.123 e. The van der Waals surface area contributed by atoms with Gasteiger partial charge in [0.25, 0.3) is 0 Å². The Morgan fingerprint density at radius 1 is 1.15 bits per heavy atom. The average Bonchev–Trinajstić information content (AvgIpc) is 2.53. The molecule has 1 heterocycles. The van der Waals surface area contributed by atoms with E-state index >= 15 is 0 Å². The summed E-state index contributed by atoms with van der Waals surface area (Å²) < 4.78 is 14.3. The first-order valence-electron chi connectivity index (χ1n) is 4.04. The molecular formula is C10H9FN2. The minimum absolute atomic E-state index is 0.229. The van der Waals surface area contributed by atoms with Crippen LogP contribution in [0.15, 0.2) is 36.5 Å². The summed E-state index contributed by atoms with van der Waals surface area (Å²) in [7, 11) is 0. The summed E-state index contributed by atoms with van der Waals surface area (Å²) in [4.78, 5) is 0. The topological polar surface area (TPSA) is 17.8 Å². The lowest BCUT2D eigenvalue weighted by Crippen LogP contribution is -1.94. The molecule has 2 rings (SSSR count). The van der Waals surface area contributed by atoms with Crippen LogP contribution in [0, 0.1) is 12.7 Å². The molecule has 1 aromatic carbocycles. The molecule has 2 aromatic rings. The van der Waals surface area contributed by atoms with Crippen molar-refractivity contribution in [3.63, 3.8) is 0 Å². The van der Waals surface area contributed by atoms with E-state index < -0.39 is 0 Å². The van der Waals surface area contributed by atoms with Gasteiger partial charge in [-0.05, 0) is 37.3 Å². The van der Waals surface area contributed by atoms with Crippen molar-refractivity contribution < 1.29 is 4.39 Å². The minimum atomic E-state index is -0.229. The Bertz CT molecular complexity index is 403. The van der Waals surface area contributed by atoms with E-state index in [2.05, 4.69) is 5.10 Å². The minimum Gasteiger partial charge on any atom is -0.241 e. The third kappa shape index (κ3) is 1.59. The highest BCUT2D eigenvalue weighted by Crippen LogP contribution is 2.08. The maximum absolute atomic E-state index is 12.6. The molecule has 0 atom stereocenters. The van der Waals surface area contributed by atoms with Gasteiger partial charge in [-0.3, -0.25) is 0 Å². The predicted molar refractivity (Wildman–Crippen MR) is 48.3 cm³/mol. The van der Waals surface area contributed by atoms with Gasteiger partial charge < -0.3 is 0 Å². The number of benzene rings is 1. The maximum atomic E-state index is 12.6. The number of hydrogen-bond acceptors (Lipinski definition) is 1. The highest BCUT2D eigenvalue weighted by molar-refractivity contribution is 5.30. The quantitative estimate of drug-likeness (QED) is 0.652. The number of halogens is 1. The van der Waals surface area contributed by atoms with E-state index in [1.54, 1.807) is 16.8 Å². The fourth-order valence-corrected chi connectivity index (χ4v) is 1.15. The standard InChI is InChI=1S/C10H9FN2/c1-8-6-7-13(12-8)10-4-2-9(11)3-5-10/h2-7H,1H3. The van der Waals surface area contributed by atoms with Gasteiger partial charge in [-0.15, -0.1) is 0 Å². The molecule has 1 aromatic heterocycles. The molecule has 0 aliphatic rings. The second-order valence-corrected chi connectivity index (χ2v) is 2.88. The van der Waals surface area contributed by atoms with Crippen LogP contribution >= 0.6 is 0 Å². The zero-order valence-electron chi connectivity index (χ0n) is 7.24. The zero-order chi connectivity index (χ0) is 9.26. The van der Waals surface area contributed by atoms with Crippen LogP contribution in [0.2, 0.25) is 0 Å². The van der Waals surface area contributed by atoms with Crippen LogP contribution in [0.4, 0.5) is 4.39 Å². The van der Waals surface area contributed by atoms with Crippen molar-refractivity contribution in [2.24, 2.45) is 0 Å². The SMILES string of the molecule is Cc1ccn(-c2ccc(F)cc2)n1. The number of nitrogens with zero attached hydrogens (tertiary/aromatic N) is 2. The second-order valence-electron chi connectivity index (χ2n) is 2.88. The fraction of sp³-hybridized carbons (Fsp3) is 0.100. The van der Waals surface area contributed by atoms with Crippen molar-refractivity contribution in [3.05, 3.63) is 48.0 Å². The van der Waals surface area contributed by atoms with Gasteiger partial charge in [-0.2, -0.15) is 5.10 Å². The van der Waals surface area contributed by atoms with Crippen molar-refractivity contribution in [2.75, 3.05) is 0 Å². The lowest BCUT2D eigenvalue weighted by atomic mass is 10.3. The Morgan fingerprint density at radius 3 is 2.38 bits per heavy atom. The summed E-state index contributed by atoms with van der Waals surface area (Å²) in [6, 6.07) is 8.14. The van der Waals surface area contributed by atoms with E-state index in [9.17, 15) is 4.39 Å². The van der Waals surface area contributed by atoms with Gasteiger partial charge in [0, 0.05) is 6.20 Å². The summed E-state index contributed by atoms with van der Waals surface area (Å²) in [6.45, 7) is 1.92. The molecule has 13 heavy (non-hydrogen) atoms. The van der Waals surface area contributed by atoms with Gasteiger partial charge in [0.05, 0.1) is 11.4 Å². The number of aryl methyl sites for hydroxylation is 1. The van der Waals surface area contributed by atoms with Gasteiger partial charge in [-0.25, -0.2) is 9.07 Å². The molecule has 0 spiro atoms. The summed E-state index contributed by atoms with van der Waals surface area (Å²) in [5.74, 6) is -0.229. The molecule has 2 nitrogen and oxygen atoms in total. The van der Waals surface area contributed by atoms with Crippen LogP contribution in [-0.4, -0.2) is 9.78 Å². The predicted octanol–water partition coefficient (Wildman–Crippen LogP) is 2.32. The van der Waals surface area contributed by atoms with Gasteiger partial charge >= 0.3 is 0 Å². The highest BCUT2D eigenvalue weighted by atomic mass is 19.1. The highest BCUT2D eigenvalue weighted by Gasteiger charge is 1.97. The van der Waals surface area contributed by atoms with Crippen LogP contribution in [0.3, 0.4) is 0 Å². The number of rotatable bonds is 1. The van der Waals surface area contributed by atoms with E-state index in [1.807, 2.05) is 19.2 Å². The van der Waals surface area contributed by atoms with Crippen LogP contribution < -0.4 is 0 Å². The Balaban J connectivity index is 2.41. The zero-order valence-corrected chi connectivity index (χ0v) is 7.24. The number of aromatic nitrogens is 2. The molecule has 0 saturated carbocycles. The van der Waals surface area contributed by atoms with Crippen molar-refractivity contribution in [1.82, 2.24) is 9.78 Å². The normalized spacial score (nSPS) is 10.3. The van der Waals surface area contributed by atoms with Crippen LogP contribution in [0.5, 0.6) is 0 Å². The average molecular weight is 176 g/mol. The Morgan fingerprint density at radius 2 is 1.85 bits per heavy atom. The Kier molecular flexibility index (Phi) is 1.85. The van der Waals surface area contributed by atoms with Gasteiger partial charge in [0.2, 0.25) is 0 Å². The van der Waals surface area contributed by atoms with Gasteiger partial charge in [-0.1, -0.05) is 0 Å². The molecule has 0 radical (unpaired) electrons. The largest absolute Gasteiger partial charge is 0.241 e. The third-order valence-electron chi connectivity index (χ3n) is 1.81. The first kappa shape index (κ1) is 7.98. The molecule has 0 amide bonds. The van der Waals surface area contributed by atoms with E-state index in [4.69, 9.17) is 0 Å². The fourth-order valence-electron chi connectivity index (χ4n) is 1.15. The second kappa shape index (κ2) is 3.01. The summed E-state index contributed by atoms with van der Waals surface area (Å²) in [5, 5.41) is 4.20. The monoisotopic (exact) mass is 176 g/mol. The summed E-state index contributed by atoms with van der Waals surface area (Å²) in [6.07, 6.45) is 1.85. The molecule has 0 aliphatic heterocycles.